The van der Waals surface area contributed by atoms with Crippen molar-refractivity contribution >= 4 is 16.1 Å². The van der Waals surface area contributed by atoms with Gasteiger partial charge in [0.15, 0.2) is 16.7 Å². The van der Waals surface area contributed by atoms with E-state index < -0.39 is 39.3 Å². The molecule has 4 aliphatic carbocycles. The highest BCUT2D eigenvalue weighted by molar-refractivity contribution is 7.86. The number of carbonyl (C=O) groups is 1. The molecule has 0 radical (unpaired) electrons. The number of esters is 1. The summed E-state index contributed by atoms with van der Waals surface area (Å²) in [6.45, 7) is -2.12. The quantitative estimate of drug-likeness (QED) is 0.420. The van der Waals surface area contributed by atoms with Crippen LogP contribution in [0.5, 0.6) is 0 Å². The minimum atomic E-state index is -6.58. The highest BCUT2D eigenvalue weighted by Gasteiger charge is 2.63. The van der Waals surface area contributed by atoms with Crippen LogP contribution in [-0.2, 0) is 19.6 Å². The van der Waals surface area contributed by atoms with Gasteiger partial charge in [-0.15, -0.1) is 0 Å². The summed E-state index contributed by atoms with van der Waals surface area (Å²) >= 11 is 0. The molecule has 4 aliphatic rings. The molecule has 138 valence electrons. The molecule has 5 nitrogen and oxygen atoms in total. The Morgan fingerprint density at radius 1 is 1.04 bits per heavy atom. The molecule has 0 aromatic heterocycles. The standard InChI is InChI=1S/C14H18F4O5S/c15-13(16,14(17,18)24(20,21)22)7-23-11(19)12-4-8-1-9(5-12)3-10(2-8)6-12/h8-10H,1-7H2,(H,20,21,22)/p-1. The molecule has 4 fully saturated rings. The number of alkyl halides is 4. The first-order chi connectivity index (χ1) is 10.9. The summed E-state index contributed by atoms with van der Waals surface area (Å²) in [4.78, 5) is 12.3. The highest BCUT2D eigenvalue weighted by Crippen LogP contribution is 2.60. The van der Waals surface area contributed by atoms with Crippen molar-refractivity contribution in [2.45, 2.75) is 49.7 Å². The zero-order valence-corrected chi connectivity index (χ0v) is 13.5. The second-order valence-corrected chi connectivity index (χ2v) is 8.87. The Morgan fingerprint density at radius 2 is 1.46 bits per heavy atom. The first-order valence-corrected chi connectivity index (χ1v) is 9.15. The molecule has 4 bridgehead atoms. The molecule has 0 aromatic carbocycles. The Morgan fingerprint density at radius 3 is 1.83 bits per heavy atom. The summed E-state index contributed by atoms with van der Waals surface area (Å²) in [6, 6.07) is 0. The van der Waals surface area contributed by atoms with Crippen LogP contribution >= 0.6 is 0 Å². The SMILES string of the molecule is O=C(OCC(F)(F)C(F)(F)S(=O)(=O)[O-])C12CC3CC(CC(C3)C1)C2. The minimum absolute atomic E-state index is 0.313. The summed E-state index contributed by atoms with van der Waals surface area (Å²) in [6.07, 6.45) is 4.40. The van der Waals surface area contributed by atoms with E-state index in [1.807, 2.05) is 0 Å². The van der Waals surface area contributed by atoms with Crippen LogP contribution in [0.3, 0.4) is 0 Å². The lowest BCUT2D eigenvalue weighted by Gasteiger charge is -2.55. The van der Waals surface area contributed by atoms with Gasteiger partial charge in [0.25, 0.3) is 0 Å². The molecule has 0 atom stereocenters. The summed E-state index contributed by atoms with van der Waals surface area (Å²) in [5.74, 6) is -5.32. The topological polar surface area (TPSA) is 83.5 Å². The maximum absolute atomic E-state index is 13.4. The van der Waals surface area contributed by atoms with Crippen molar-refractivity contribution in [3.05, 3.63) is 0 Å². The van der Waals surface area contributed by atoms with Gasteiger partial charge in [-0.25, -0.2) is 8.42 Å². The summed E-state index contributed by atoms with van der Waals surface area (Å²) < 4.78 is 88.4. The van der Waals surface area contributed by atoms with E-state index in [0.717, 1.165) is 19.3 Å². The summed E-state index contributed by atoms with van der Waals surface area (Å²) in [7, 11) is -6.58. The maximum atomic E-state index is 13.4. The molecule has 4 saturated carbocycles. The first-order valence-electron chi connectivity index (χ1n) is 7.75. The van der Waals surface area contributed by atoms with E-state index >= 15 is 0 Å². The van der Waals surface area contributed by atoms with Crippen LogP contribution in [0.15, 0.2) is 0 Å². The molecule has 24 heavy (non-hydrogen) atoms. The van der Waals surface area contributed by atoms with E-state index in [0.29, 0.717) is 37.0 Å². The molecule has 0 N–H and O–H groups in total. The monoisotopic (exact) mass is 373 g/mol. The predicted molar refractivity (Wildman–Crippen MR) is 71.2 cm³/mol. The van der Waals surface area contributed by atoms with Crippen molar-refractivity contribution in [2.75, 3.05) is 6.61 Å². The third-order valence-electron chi connectivity index (χ3n) is 5.60. The zero-order valence-electron chi connectivity index (χ0n) is 12.6. The smallest absolute Gasteiger partial charge is 0.399 e. The van der Waals surface area contributed by atoms with Gasteiger partial charge in [0.2, 0.25) is 0 Å². The van der Waals surface area contributed by atoms with Crippen LogP contribution in [0.25, 0.3) is 0 Å². The third kappa shape index (κ3) is 2.71. The average Bonchev–Trinajstić information content (AvgIpc) is 2.41. The second-order valence-electron chi connectivity index (χ2n) is 7.45. The van der Waals surface area contributed by atoms with E-state index in [-0.39, 0.29) is 0 Å². The van der Waals surface area contributed by atoms with Crippen molar-refractivity contribution in [2.24, 2.45) is 23.2 Å². The van der Waals surface area contributed by atoms with Crippen LogP contribution in [-0.4, -0.2) is 36.7 Å². The molecular formula is C14H17F4O5S-. The van der Waals surface area contributed by atoms with E-state index in [2.05, 4.69) is 4.74 Å². The van der Waals surface area contributed by atoms with Gasteiger partial charge < -0.3 is 9.29 Å². The van der Waals surface area contributed by atoms with Gasteiger partial charge in [0.1, 0.15) is 0 Å². The lowest BCUT2D eigenvalue weighted by Crippen LogP contribution is -2.53. The van der Waals surface area contributed by atoms with E-state index in [4.69, 9.17) is 0 Å². The number of rotatable bonds is 5. The molecule has 0 aliphatic heterocycles. The molecule has 0 spiro atoms. The van der Waals surface area contributed by atoms with Gasteiger partial charge in [-0.05, 0) is 56.3 Å². The van der Waals surface area contributed by atoms with E-state index in [1.165, 1.54) is 0 Å². The van der Waals surface area contributed by atoms with Crippen LogP contribution in [0.1, 0.15) is 38.5 Å². The van der Waals surface area contributed by atoms with Crippen LogP contribution in [0, 0.1) is 23.2 Å². The molecule has 0 saturated heterocycles. The number of hydrogen-bond acceptors (Lipinski definition) is 5. The first kappa shape index (κ1) is 17.9. The van der Waals surface area contributed by atoms with Gasteiger partial charge >= 0.3 is 17.1 Å². The minimum Gasteiger partial charge on any atom is -0.743 e. The second kappa shape index (κ2) is 5.30. The Hall–Kier alpha value is -0.900. The van der Waals surface area contributed by atoms with Gasteiger partial charge in [-0.1, -0.05) is 0 Å². The number of ether oxygens (including phenoxy) is 1. The fourth-order valence-electron chi connectivity index (χ4n) is 4.94. The van der Waals surface area contributed by atoms with Crippen molar-refractivity contribution in [1.29, 1.82) is 0 Å². The number of hydrogen-bond donors (Lipinski definition) is 0. The Balaban J connectivity index is 1.70. The van der Waals surface area contributed by atoms with E-state index in [1.54, 1.807) is 0 Å². The van der Waals surface area contributed by atoms with Crippen molar-refractivity contribution in [1.82, 2.24) is 0 Å². The highest BCUT2D eigenvalue weighted by atomic mass is 32.2. The maximum Gasteiger partial charge on any atom is 0.399 e. The van der Waals surface area contributed by atoms with Gasteiger partial charge in [0.05, 0.1) is 5.41 Å². The van der Waals surface area contributed by atoms with Crippen molar-refractivity contribution < 1.29 is 40.1 Å². The summed E-state index contributed by atoms with van der Waals surface area (Å²) in [5, 5.41) is -5.83. The number of halogens is 4. The van der Waals surface area contributed by atoms with E-state index in [9.17, 15) is 35.3 Å². The molecule has 4 rings (SSSR count). The van der Waals surface area contributed by atoms with Crippen LogP contribution < -0.4 is 0 Å². The Kier molecular flexibility index (Phi) is 3.95. The van der Waals surface area contributed by atoms with Gasteiger partial charge in [0, 0.05) is 0 Å². The molecule has 10 heteroatoms. The fraction of sp³-hybridized carbons (Fsp3) is 0.929. The summed E-state index contributed by atoms with van der Waals surface area (Å²) in [5.41, 5.74) is -0.934. The molecule has 0 aromatic rings. The molecule has 0 unspecified atom stereocenters. The zero-order chi connectivity index (χ0) is 18.0. The van der Waals surface area contributed by atoms with Crippen molar-refractivity contribution in [3.63, 3.8) is 0 Å². The van der Waals surface area contributed by atoms with Crippen molar-refractivity contribution in [3.8, 4) is 0 Å². The Bertz CT molecular complexity index is 610. The molecule has 0 heterocycles. The third-order valence-corrected chi connectivity index (χ3v) is 6.52. The van der Waals surface area contributed by atoms with Gasteiger partial charge in [-0.3, -0.25) is 4.79 Å². The van der Waals surface area contributed by atoms with Gasteiger partial charge in [-0.2, -0.15) is 17.6 Å². The van der Waals surface area contributed by atoms with Crippen LogP contribution in [0.4, 0.5) is 17.6 Å². The number of carbonyl (C=O) groups excluding carboxylic acids is 1. The Labute approximate surface area is 136 Å². The normalized spacial score (nSPS) is 36.0. The van der Waals surface area contributed by atoms with Crippen LogP contribution in [0.2, 0.25) is 0 Å². The largest absolute Gasteiger partial charge is 0.743 e. The lowest BCUT2D eigenvalue weighted by atomic mass is 9.49. The molecule has 0 amide bonds. The molecular weight excluding hydrogens is 356 g/mol. The fourth-order valence-corrected chi connectivity index (χ4v) is 5.36. The predicted octanol–water partition coefficient (Wildman–Crippen LogP) is 2.52. The lowest BCUT2D eigenvalue weighted by molar-refractivity contribution is -0.208. The average molecular weight is 373 g/mol.